The molecule has 0 aromatic heterocycles. The maximum atomic E-state index is 12.2. The molecule has 0 N–H and O–H groups in total. The lowest BCUT2D eigenvalue weighted by Gasteiger charge is -2.22. The van der Waals surface area contributed by atoms with Crippen molar-refractivity contribution in [3.05, 3.63) is 29.8 Å². The minimum atomic E-state index is -4.38. The van der Waals surface area contributed by atoms with Crippen molar-refractivity contribution in [3.63, 3.8) is 0 Å². The SMILES string of the molecule is CCN(CC(F)(F)F)C(=O)c1ccc(S)cc1. The van der Waals surface area contributed by atoms with Gasteiger partial charge >= 0.3 is 6.18 Å². The second kappa shape index (κ2) is 5.44. The predicted molar refractivity (Wildman–Crippen MR) is 61.3 cm³/mol. The van der Waals surface area contributed by atoms with E-state index in [9.17, 15) is 18.0 Å². The lowest BCUT2D eigenvalue weighted by atomic mass is 10.2. The highest BCUT2D eigenvalue weighted by Crippen LogP contribution is 2.18. The first-order chi connectivity index (χ1) is 7.83. The summed E-state index contributed by atoms with van der Waals surface area (Å²) in [7, 11) is 0. The quantitative estimate of drug-likeness (QED) is 0.831. The minimum Gasteiger partial charge on any atom is -0.330 e. The van der Waals surface area contributed by atoms with Crippen LogP contribution in [-0.2, 0) is 0 Å². The van der Waals surface area contributed by atoms with E-state index in [0.29, 0.717) is 4.90 Å². The molecule has 2 nitrogen and oxygen atoms in total. The number of carbonyl (C=O) groups excluding carboxylic acids is 1. The lowest BCUT2D eigenvalue weighted by Crippen LogP contribution is -2.38. The van der Waals surface area contributed by atoms with Crippen molar-refractivity contribution in [2.45, 2.75) is 18.0 Å². The van der Waals surface area contributed by atoms with Gasteiger partial charge in [0.15, 0.2) is 0 Å². The molecule has 0 aliphatic carbocycles. The fourth-order valence-corrected chi connectivity index (χ4v) is 1.48. The van der Waals surface area contributed by atoms with Crippen LogP contribution in [0.15, 0.2) is 29.2 Å². The monoisotopic (exact) mass is 263 g/mol. The Hall–Kier alpha value is -1.17. The molecule has 6 heteroatoms. The summed E-state index contributed by atoms with van der Waals surface area (Å²) in [5.74, 6) is -0.627. The van der Waals surface area contributed by atoms with Gasteiger partial charge in [0.1, 0.15) is 6.54 Å². The molecule has 1 rings (SSSR count). The first-order valence-corrected chi connectivity index (χ1v) is 5.43. The van der Waals surface area contributed by atoms with Crippen molar-refractivity contribution in [3.8, 4) is 0 Å². The molecule has 0 radical (unpaired) electrons. The molecule has 0 aliphatic heterocycles. The van der Waals surface area contributed by atoms with Crippen molar-refractivity contribution < 1.29 is 18.0 Å². The molecular formula is C11H12F3NOS. The average molecular weight is 263 g/mol. The molecule has 0 heterocycles. The van der Waals surface area contributed by atoms with Crippen LogP contribution < -0.4 is 0 Å². The number of amides is 1. The van der Waals surface area contributed by atoms with Crippen LogP contribution >= 0.6 is 12.6 Å². The first kappa shape index (κ1) is 13.9. The average Bonchev–Trinajstić information content (AvgIpc) is 2.25. The number of carbonyl (C=O) groups is 1. The molecule has 17 heavy (non-hydrogen) atoms. The molecule has 94 valence electrons. The molecule has 0 fully saturated rings. The summed E-state index contributed by atoms with van der Waals surface area (Å²) in [5.41, 5.74) is 0.230. The van der Waals surface area contributed by atoms with Crippen LogP contribution in [0.1, 0.15) is 17.3 Å². The van der Waals surface area contributed by atoms with E-state index in [2.05, 4.69) is 12.6 Å². The van der Waals surface area contributed by atoms with Gasteiger partial charge in [-0.25, -0.2) is 0 Å². The molecular weight excluding hydrogens is 251 g/mol. The fraction of sp³-hybridized carbons (Fsp3) is 0.364. The van der Waals surface area contributed by atoms with Gasteiger partial charge in [-0.15, -0.1) is 12.6 Å². The third kappa shape index (κ3) is 4.30. The molecule has 1 aromatic carbocycles. The lowest BCUT2D eigenvalue weighted by molar-refractivity contribution is -0.140. The van der Waals surface area contributed by atoms with Crippen molar-refractivity contribution in [2.75, 3.05) is 13.1 Å². The molecule has 0 atom stereocenters. The third-order valence-electron chi connectivity index (χ3n) is 2.15. The number of thiol groups is 1. The van der Waals surface area contributed by atoms with Gasteiger partial charge in [-0.1, -0.05) is 0 Å². The molecule has 0 bridgehead atoms. The molecule has 0 aliphatic rings. The predicted octanol–water partition coefficient (Wildman–Crippen LogP) is 3.00. The summed E-state index contributed by atoms with van der Waals surface area (Å²) in [6.45, 7) is 0.294. The largest absolute Gasteiger partial charge is 0.406 e. The summed E-state index contributed by atoms with van der Waals surface area (Å²) < 4.78 is 36.7. The molecule has 0 saturated carbocycles. The Balaban J connectivity index is 2.83. The fourth-order valence-electron chi connectivity index (χ4n) is 1.33. The van der Waals surface area contributed by atoms with Crippen LogP contribution in [0.25, 0.3) is 0 Å². The highest BCUT2D eigenvalue weighted by atomic mass is 32.1. The number of alkyl halides is 3. The van der Waals surface area contributed by atoms with Gasteiger partial charge in [0, 0.05) is 17.0 Å². The molecule has 0 spiro atoms. The molecule has 1 amide bonds. The summed E-state index contributed by atoms with van der Waals surface area (Å²) in [4.78, 5) is 13.2. The van der Waals surface area contributed by atoms with Gasteiger partial charge in [0.2, 0.25) is 0 Å². The number of halogens is 3. The second-order valence-corrected chi connectivity index (χ2v) is 4.00. The Bertz CT molecular complexity index is 389. The zero-order valence-electron chi connectivity index (χ0n) is 9.16. The van der Waals surface area contributed by atoms with Crippen LogP contribution in [0.2, 0.25) is 0 Å². The van der Waals surface area contributed by atoms with Gasteiger partial charge in [-0.05, 0) is 31.2 Å². The number of rotatable bonds is 3. The van der Waals surface area contributed by atoms with Crippen molar-refractivity contribution in [1.82, 2.24) is 4.90 Å². The summed E-state index contributed by atoms with van der Waals surface area (Å²) in [6.07, 6.45) is -4.38. The van der Waals surface area contributed by atoms with E-state index in [1.807, 2.05) is 0 Å². The van der Waals surface area contributed by atoms with E-state index < -0.39 is 18.6 Å². The Morgan fingerprint density at radius 3 is 2.24 bits per heavy atom. The van der Waals surface area contributed by atoms with Gasteiger partial charge in [0.25, 0.3) is 5.91 Å². The van der Waals surface area contributed by atoms with E-state index in [-0.39, 0.29) is 12.1 Å². The zero-order chi connectivity index (χ0) is 13.1. The Labute approximate surface area is 103 Å². The smallest absolute Gasteiger partial charge is 0.330 e. The number of nitrogens with zero attached hydrogens (tertiary/aromatic N) is 1. The van der Waals surface area contributed by atoms with E-state index in [1.165, 1.54) is 19.1 Å². The van der Waals surface area contributed by atoms with Gasteiger partial charge in [0.05, 0.1) is 0 Å². The highest BCUT2D eigenvalue weighted by Gasteiger charge is 2.32. The summed E-state index contributed by atoms with van der Waals surface area (Å²) in [6, 6.07) is 6.06. The van der Waals surface area contributed by atoms with Gasteiger partial charge in [-0.2, -0.15) is 13.2 Å². The van der Waals surface area contributed by atoms with Crippen molar-refractivity contribution in [2.24, 2.45) is 0 Å². The van der Waals surface area contributed by atoms with E-state index in [4.69, 9.17) is 0 Å². The standard InChI is InChI=1S/C11H12F3NOS/c1-2-15(7-11(12,13)14)10(16)8-3-5-9(17)6-4-8/h3-6,17H,2,7H2,1H3. The Morgan fingerprint density at radius 2 is 1.82 bits per heavy atom. The summed E-state index contributed by atoms with van der Waals surface area (Å²) >= 11 is 4.04. The van der Waals surface area contributed by atoms with Crippen molar-refractivity contribution in [1.29, 1.82) is 0 Å². The van der Waals surface area contributed by atoms with Crippen LogP contribution in [-0.4, -0.2) is 30.1 Å². The topological polar surface area (TPSA) is 20.3 Å². The van der Waals surface area contributed by atoms with Crippen LogP contribution in [0.5, 0.6) is 0 Å². The first-order valence-electron chi connectivity index (χ1n) is 4.98. The zero-order valence-corrected chi connectivity index (χ0v) is 10.1. The Kier molecular flexibility index (Phi) is 4.45. The molecule has 0 saturated heterocycles. The van der Waals surface area contributed by atoms with Gasteiger partial charge in [-0.3, -0.25) is 4.79 Å². The van der Waals surface area contributed by atoms with Crippen LogP contribution in [0, 0.1) is 0 Å². The van der Waals surface area contributed by atoms with E-state index in [0.717, 1.165) is 4.90 Å². The highest BCUT2D eigenvalue weighted by molar-refractivity contribution is 7.80. The maximum absolute atomic E-state index is 12.2. The number of benzene rings is 1. The molecule has 0 unspecified atom stereocenters. The minimum absolute atomic E-state index is 0.0149. The normalized spacial score (nSPS) is 11.4. The van der Waals surface area contributed by atoms with Crippen LogP contribution in [0.4, 0.5) is 13.2 Å². The van der Waals surface area contributed by atoms with Crippen molar-refractivity contribution >= 4 is 18.5 Å². The maximum Gasteiger partial charge on any atom is 0.406 e. The van der Waals surface area contributed by atoms with E-state index in [1.54, 1.807) is 12.1 Å². The number of hydrogen-bond donors (Lipinski definition) is 1. The summed E-state index contributed by atoms with van der Waals surface area (Å²) in [5, 5.41) is 0. The number of hydrogen-bond acceptors (Lipinski definition) is 2. The second-order valence-electron chi connectivity index (χ2n) is 3.48. The molecule has 1 aromatic rings. The Morgan fingerprint density at radius 1 is 1.29 bits per heavy atom. The third-order valence-corrected chi connectivity index (χ3v) is 2.45. The van der Waals surface area contributed by atoms with Crippen LogP contribution in [0.3, 0.4) is 0 Å². The van der Waals surface area contributed by atoms with E-state index >= 15 is 0 Å². The van der Waals surface area contributed by atoms with Gasteiger partial charge < -0.3 is 4.90 Å².